The zero-order chi connectivity index (χ0) is 13.9. The molecule has 0 aliphatic heterocycles. The summed E-state index contributed by atoms with van der Waals surface area (Å²) in [5.74, 6) is 1.06. The van der Waals surface area contributed by atoms with Crippen LogP contribution in [0.5, 0.6) is 0 Å². The molecule has 4 heteroatoms. The first-order valence-corrected chi connectivity index (χ1v) is 6.37. The molecule has 1 rings (SSSR count). The Morgan fingerprint density at radius 2 is 2.00 bits per heavy atom. The van der Waals surface area contributed by atoms with E-state index in [1.165, 1.54) is 0 Å². The van der Waals surface area contributed by atoms with Gasteiger partial charge < -0.3 is 9.52 Å². The number of hydrogen-bond donors (Lipinski definition) is 1. The largest absolute Gasteiger partial charge is 0.481 e. The van der Waals surface area contributed by atoms with Gasteiger partial charge in [-0.2, -0.15) is 0 Å². The second-order valence-electron chi connectivity index (χ2n) is 5.02. The van der Waals surface area contributed by atoms with E-state index in [1.807, 2.05) is 19.9 Å². The van der Waals surface area contributed by atoms with Crippen LogP contribution in [-0.2, 0) is 4.79 Å². The standard InChI is InChI=1S/C14H23NO3/c1-9(2)15(7-6-14(16)17)11(4)13-8-10(3)18-12(13)5/h8-9,11H,6-7H2,1-5H3,(H,16,17). The van der Waals surface area contributed by atoms with Gasteiger partial charge >= 0.3 is 5.97 Å². The molecule has 0 aliphatic rings. The van der Waals surface area contributed by atoms with E-state index in [0.29, 0.717) is 12.6 Å². The summed E-state index contributed by atoms with van der Waals surface area (Å²) in [6.45, 7) is 10.7. The number of aliphatic carboxylic acids is 1. The molecule has 0 spiro atoms. The Labute approximate surface area is 109 Å². The molecule has 1 N–H and O–H groups in total. The Bertz CT molecular complexity index is 409. The van der Waals surface area contributed by atoms with Crippen LogP contribution in [0.1, 0.15) is 50.3 Å². The Balaban J connectivity index is 2.85. The highest BCUT2D eigenvalue weighted by molar-refractivity contribution is 5.66. The highest BCUT2D eigenvalue weighted by atomic mass is 16.4. The molecule has 1 atom stereocenters. The minimum Gasteiger partial charge on any atom is -0.481 e. The van der Waals surface area contributed by atoms with Gasteiger partial charge in [-0.1, -0.05) is 0 Å². The van der Waals surface area contributed by atoms with Gasteiger partial charge in [0.25, 0.3) is 0 Å². The quantitative estimate of drug-likeness (QED) is 0.846. The van der Waals surface area contributed by atoms with E-state index in [0.717, 1.165) is 17.1 Å². The lowest BCUT2D eigenvalue weighted by Gasteiger charge is -2.32. The number of hydrogen-bond acceptors (Lipinski definition) is 3. The molecule has 1 heterocycles. The number of carboxylic acids is 1. The maximum absolute atomic E-state index is 10.7. The second kappa shape index (κ2) is 6.05. The van der Waals surface area contributed by atoms with Crippen LogP contribution in [0.15, 0.2) is 10.5 Å². The van der Waals surface area contributed by atoms with Crippen LogP contribution in [0.3, 0.4) is 0 Å². The first kappa shape index (κ1) is 14.8. The molecule has 0 radical (unpaired) electrons. The summed E-state index contributed by atoms with van der Waals surface area (Å²) in [4.78, 5) is 12.9. The zero-order valence-electron chi connectivity index (χ0n) is 11.9. The monoisotopic (exact) mass is 253 g/mol. The average Bonchev–Trinajstić information content (AvgIpc) is 2.56. The molecular weight excluding hydrogens is 230 g/mol. The van der Waals surface area contributed by atoms with Crippen molar-refractivity contribution in [3.05, 3.63) is 23.2 Å². The highest BCUT2D eigenvalue weighted by Crippen LogP contribution is 2.27. The van der Waals surface area contributed by atoms with Crippen LogP contribution in [0.25, 0.3) is 0 Å². The molecule has 4 nitrogen and oxygen atoms in total. The molecule has 18 heavy (non-hydrogen) atoms. The van der Waals surface area contributed by atoms with Gasteiger partial charge in [0.15, 0.2) is 0 Å². The molecule has 1 unspecified atom stereocenters. The van der Waals surface area contributed by atoms with Gasteiger partial charge in [0.1, 0.15) is 11.5 Å². The molecule has 0 amide bonds. The number of carboxylic acid groups (broad SMARTS) is 1. The predicted molar refractivity (Wildman–Crippen MR) is 70.7 cm³/mol. The van der Waals surface area contributed by atoms with Crippen molar-refractivity contribution >= 4 is 5.97 Å². The lowest BCUT2D eigenvalue weighted by Crippen LogP contribution is -2.35. The average molecular weight is 253 g/mol. The van der Waals surface area contributed by atoms with Crippen molar-refractivity contribution < 1.29 is 14.3 Å². The Morgan fingerprint density at radius 1 is 1.39 bits per heavy atom. The maximum Gasteiger partial charge on any atom is 0.304 e. The number of furan rings is 1. The van der Waals surface area contributed by atoms with E-state index < -0.39 is 5.97 Å². The van der Waals surface area contributed by atoms with E-state index in [9.17, 15) is 4.79 Å². The lowest BCUT2D eigenvalue weighted by atomic mass is 10.1. The van der Waals surface area contributed by atoms with Gasteiger partial charge in [-0.3, -0.25) is 9.69 Å². The number of nitrogens with zero attached hydrogens (tertiary/aromatic N) is 1. The van der Waals surface area contributed by atoms with E-state index in [4.69, 9.17) is 9.52 Å². The Hall–Kier alpha value is -1.29. The molecule has 0 bridgehead atoms. The number of aryl methyl sites for hydroxylation is 2. The third kappa shape index (κ3) is 3.60. The van der Waals surface area contributed by atoms with Crippen LogP contribution in [-0.4, -0.2) is 28.6 Å². The van der Waals surface area contributed by atoms with Crippen molar-refractivity contribution in [1.82, 2.24) is 4.90 Å². The van der Waals surface area contributed by atoms with E-state index in [1.54, 1.807) is 0 Å². The summed E-state index contributed by atoms with van der Waals surface area (Å²) < 4.78 is 5.55. The van der Waals surface area contributed by atoms with Gasteiger partial charge in [0, 0.05) is 24.2 Å². The summed E-state index contributed by atoms with van der Waals surface area (Å²) >= 11 is 0. The SMILES string of the molecule is Cc1cc(C(C)N(CCC(=O)O)C(C)C)c(C)o1. The van der Waals surface area contributed by atoms with Gasteiger partial charge in [0.2, 0.25) is 0 Å². The second-order valence-corrected chi connectivity index (χ2v) is 5.02. The highest BCUT2D eigenvalue weighted by Gasteiger charge is 2.22. The Kier molecular flexibility index (Phi) is 4.96. The molecule has 102 valence electrons. The summed E-state index contributed by atoms with van der Waals surface area (Å²) in [5, 5.41) is 8.81. The molecule has 0 aliphatic carbocycles. The van der Waals surface area contributed by atoms with E-state index in [-0.39, 0.29) is 12.5 Å². The van der Waals surface area contributed by atoms with Crippen LogP contribution < -0.4 is 0 Å². The molecule has 0 saturated heterocycles. The molecule has 0 fully saturated rings. The van der Waals surface area contributed by atoms with Crippen LogP contribution in [0.2, 0.25) is 0 Å². The van der Waals surface area contributed by atoms with Crippen LogP contribution >= 0.6 is 0 Å². The molecule has 1 aromatic rings. The summed E-state index contributed by atoms with van der Waals surface area (Å²) in [6.07, 6.45) is 0.165. The molecule has 1 aromatic heterocycles. The van der Waals surface area contributed by atoms with Gasteiger partial charge in [-0.25, -0.2) is 0 Å². The molecule has 0 aromatic carbocycles. The first-order valence-electron chi connectivity index (χ1n) is 6.37. The number of carbonyl (C=O) groups is 1. The van der Waals surface area contributed by atoms with Crippen LogP contribution in [0.4, 0.5) is 0 Å². The smallest absolute Gasteiger partial charge is 0.304 e. The normalized spacial score (nSPS) is 13.3. The zero-order valence-corrected chi connectivity index (χ0v) is 11.9. The fourth-order valence-corrected chi connectivity index (χ4v) is 2.37. The third-order valence-corrected chi connectivity index (χ3v) is 3.27. The summed E-state index contributed by atoms with van der Waals surface area (Å²) in [7, 11) is 0. The minimum absolute atomic E-state index is 0.165. The summed E-state index contributed by atoms with van der Waals surface area (Å²) in [5.41, 5.74) is 1.14. The van der Waals surface area contributed by atoms with Crippen molar-refractivity contribution in [1.29, 1.82) is 0 Å². The molecule has 0 saturated carbocycles. The minimum atomic E-state index is -0.757. The fourth-order valence-electron chi connectivity index (χ4n) is 2.37. The van der Waals surface area contributed by atoms with Crippen LogP contribution in [0, 0.1) is 13.8 Å². The van der Waals surface area contributed by atoms with Gasteiger partial charge in [-0.05, 0) is 40.7 Å². The summed E-state index contributed by atoms with van der Waals surface area (Å²) in [6, 6.07) is 2.51. The van der Waals surface area contributed by atoms with Crippen molar-refractivity contribution in [3.8, 4) is 0 Å². The van der Waals surface area contributed by atoms with Gasteiger partial charge in [-0.15, -0.1) is 0 Å². The van der Waals surface area contributed by atoms with E-state index >= 15 is 0 Å². The van der Waals surface area contributed by atoms with Gasteiger partial charge in [0.05, 0.1) is 6.42 Å². The van der Waals surface area contributed by atoms with E-state index in [2.05, 4.69) is 25.7 Å². The third-order valence-electron chi connectivity index (χ3n) is 3.27. The maximum atomic E-state index is 10.7. The predicted octanol–water partition coefficient (Wildman–Crippen LogP) is 3.14. The Morgan fingerprint density at radius 3 is 2.39 bits per heavy atom. The topological polar surface area (TPSA) is 53.7 Å². The molecular formula is C14H23NO3. The fraction of sp³-hybridized carbons (Fsp3) is 0.643. The lowest BCUT2D eigenvalue weighted by molar-refractivity contribution is -0.137. The van der Waals surface area contributed by atoms with Crippen molar-refractivity contribution in [3.63, 3.8) is 0 Å². The van der Waals surface area contributed by atoms with Crippen molar-refractivity contribution in [2.75, 3.05) is 6.54 Å². The van der Waals surface area contributed by atoms with Crippen molar-refractivity contribution in [2.24, 2.45) is 0 Å². The first-order chi connectivity index (χ1) is 8.32. The van der Waals surface area contributed by atoms with Crippen molar-refractivity contribution in [2.45, 2.75) is 53.1 Å². The number of rotatable bonds is 6.